The van der Waals surface area contributed by atoms with Crippen LogP contribution in [0.25, 0.3) is 0 Å². The first-order valence-electron chi connectivity index (χ1n) is 3.06. The molecule has 1 aliphatic rings. The van der Waals surface area contributed by atoms with Gasteiger partial charge in [0.2, 0.25) is 0 Å². The van der Waals surface area contributed by atoms with E-state index in [1.807, 2.05) is 0 Å². The van der Waals surface area contributed by atoms with Crippen LogP contribution in [0.4, 0.5) is 0 Å². The van der Waals surface area contributed by atoms with Crippen molar-refractivity contribution in [1.29, 1.82) is 0 Å². The molecule has 54 valence electrons. The fraction of sp³-hybridized carbons (Fsp3) is 1.00. The quantitative estimate of drug-likeness (QED) is 0.468. The van der Waals surface area contributed by atoms with Crippen molar-refractivity contribution in [2.75, 3.05) is 6.61 Å². The van der Waals surface area contributed by atoms with Gasteiger partial charge in [-0.2, -0.15) is 0 Å². The van der Waals surface area contributed by atoms with E-state index in [-0.39, 0.29) is 12.7 Å². The number of hydrogen-bond donors (Lipinski definition) is 2. The lowest BCUT2D eigenvalue weighted by Gasteiger charge is -2.19. The molecule has 0 aromatic rings. The third-order valence-electron chi connectivity index (χ3n) is 1.72. The van der Waals surface area contributed by atoms with Gasteiger partial charge < -0.3 is 14.9 Å². The Hall–Kier alpha value is -0.120. The molecule has 3 heteroatoms. The second kappa shape index (κ2) is 1.94. The van der Waals surface area contributed by atoms with Crippen molar-refractivity contribution in [3.05, 3.63) is 0 Å². The number of aliphatic hydroxyl groups excluding tert-OH is 1. The predicted octanol–water partition coefficient (Wildman–Crippen LogP) is -0.483. The van der Waals surface area contributed by atoms with Gasteiger partial charge in [-0.1, -0.05) is 0 Å². The third kappa shape index (κ3) is 1.08. The van der Waals surface area contributed by atoms with Gasteiger partial charge in [-0.25, -0.2) is 0 Å². The normalized spacial score (nSPS) is 52.0. The summed E-state index contributed by atoms with van der Waals surface area (Å²) in [6.45, 7) is 3.54. The SMILES string of the molecule is C[C@@H]1OC[C@@](C)(O)C1O. The molecule has 1 saturated heterocycles. The Morgan fingerprint density at radius 3 is 2.33 bits per heavy atom. The average Bonchev–Trinajstić information content (AvgIpc) is 1.97. The minimum Gasteiger partial charge on any atom is -0.387 e. The van der Waals surface area contributed by atoms with Crippen LogP contribution in [0.3, 0.4) is 0 Å². The van der Waals surface area contributed by atoms with Crippen molar-refractivity contribution in [1.82, 2.24) is 0 Å². The molecular formula is C6H12O3. The highest BCUT2D eigenvalue weighted by molar-refractivity contribution is 4.91. The van der Waals surface area contributed by atoms with E-state index < -0.39 is 11.7 Å². The molecule has 0 radical (unpaired) electrons. The Labute approximate surface area is 54.3 Å². The smallest absolute Gasteiger partial charge is 0.113 e. The van der Waals surface area contributed by atoms with Gasteiger partial charge in [0, 0.05) is 0 Å². The fourth-order valence-electron chi connectivity index (χ4n) is 0.982. The van der Waals surface area contributed by atoms with Gasteiger partial charge in [-0.3, -0.25) is 0 Å². The van der Waals surface area contributed by atoms with Gasteiger partial charge >= 0.3 is 0 Å². The van der Waals surface area contributed by atoms with Crippen molar-refractivity contribution in [2.24, 2.45) is 0 Å². The Morgan fingerprint density at radius 2 is 2.22 bits per heavy atom. The summed E-state index contributed by atoms with van der Waals surface area (Å²) in [7, 11) is 0. The first-order chi connectivity index (χ1) is 4.04. The maximum atomic E-state index is 9.26. The highest BCUT2D eigenvalue weighted by atomic mass is 16.5. The topological polar surface area (TPSA) is 49.7 Å². The number of rotatable bonds is 0. The molecule has 1 rings (SSSR count). The van der Waals surface area contributed by atoms with Crippen LogP contribution < -0.4 is 0 Å². The summed E-state index contributed by atoms with van der Waals surface area (Å²) in [6.07, 6.45) is -0.975. The van der Waals surface area contributed by atoms with Crippen LogP contribution in [0, 0.1) is 0 Å². The van der Waals surface area contributed by atoms with E-state index >= 15 is 0 Å². The van der Waals surface area contributed by atoms with Gasteiger partial charge in [0.1, 0.15) is 11.7 Å². The number of aliphatic hydroxyl groups is 2. The van der Waals surface area contributed by atoms with Crippen LogP contribution in [0.15, 0.2) is 0 Å². The molecule has 1 unspecified atom stereocenters. The van der Waals surface area contributed by atoms with Crippen LogP contribution in [-0.2, 0) is 4.74 Å². The summed E-state index contributed by atoms with van der Waals surface area (Å²) in [5.74, 6) is 0. The van der Waals surface area contributed by atoms with E-state index in [4.69, 9.17) is 9.84 Å². The standard InChI is InChI=1S/C6H12O3/c1-4-5(7)6(2,8)3-9-4/h4-5,7-8H,3H2,1-2H3/t4-,5?,6+/m0/s1. The fourth-order valence-corrected chi connectivity index (χ4v) is 0.982. The highest BCUT2D eigenvalue weighted by Gasteiger charge is 2.41. The summed E-state index contributed by atoms with van der Waals surface area (Å²) >= 11 is 0. The first-order valence-corrected chi connectivity index (χ1v) is 3.06. The van der Waals surface area contributed by atoms with Crippen molar-refractivity contribution in [2.45, 2.75) is 31.7 Å². The molecule has 0 saturated carbocycles. The van der Waals surface area contributed by atoms with E-state index in [2.05, 4.69) is 0 Å². The molecule has 3 atom stereocenters. The van der Waals surface area contributed by atoms with Crippen LogP contribution >= 0.6 is 0 Å². The average molecular weight is 132 g/mol. The Balaban J connectivity index is 2.62. The minimum absolute atomic E-state index is 0.231. The molecular weight excluding hydrogens is 120 g/mol. The third-order valence-corrected chi connectivity index (χ3v) is 1.72. The van der Waals surface area contributed by atoms with Crippen molar-refractivity contribution in [3.8, 4) is 0 Å². The molecule has 3 nitrogen and oxygen atoms in total. The Morgan fingerprint density at radius 1 is 1.67 bits per heavy atom. The zero-order chi connectivity index (χ0) is 7.07. The molecule has 0 aromatic heterocycles. The highest BCUT2D eigenvalue weighted by Crippen LogP contribution is 2.23. The Kier molecular flexibility index (Phi) is 1.50. The lowest BCUT2D eigenvalue weighted by atomic mass is 10.0. The molecule has 0 spiro atoms. The van der Waals surface area contributed by atoms with Gasteiger partial charge in [-0.15, -0.1) is 0 Å². The van der Waals surface area contributed by atoms with Crippen molar-refractivity contribution >= 4 is 0 Å². The van der Waals surface area contributed by atoms with E-state index in [0.717, 1.165) is 0 Å². The minimum atomic E-state index is -1.04. The van der Waals surface area contributed by atoms with Gasteiger partial charge in [-0.05, 0) is 13.8 Å². The molecule has 1 fully saturated rings. The number of hydrogen-bond acceptors (Lipinski definition) is 3. The van der Waals surface area contributed by atoms with Crippen molar-refractivity contribution < 1.29 is 14.9 Å². The van der Waals surface area contributed by atoms with Gasteiger partial charge in [0.15, 0.2) is 0 Å². The summed E-state index contributed by atoms with van der Waals surface area (Å²) in [4.78, 5) is 0. The van der Waals surface area contributed by atoms with Crippen LogP contribution in [0.1, 0.15) is 13.8 Å². The molecule has 0 aromatic carbocycles. The molecule has 2 N–H and O–H groups in total. The summed E-state index contributed by atoms with van der Waals surface area (Å²) in [5.41, 5.74) is -1.04. The molecule has 1 aliphatic heterocycles. The maximum absolute atomic E-state index is 9.26. The first kappa shape index (κ1) is 6.99. The lowest BCUT2D eigenvalue weighted by Crippen LogP contribution is -2.39. The van der Waals surface area contributed by atoms with E-state index in [0.29, 0.717) is 0 Å². The molecule has 0 bridgehead atoms. The van der Waals surface area contributed by atoms with Crippen LogP contribution in [0.2, 0.25) is 0 Å². The molecule has 0 aliphatic carbocycles. The molecule has 0 amide bonds. The Bertz CT molecular complexity index is 111. The second-order valence-electron chi connectivity index (χ2n) is 2.82. The molecule has 1 heterocycles. The van der Waals surface area contributed by atoms with E-state index in [1.165, 1.54) is 0 Å². The van der Waals surface area contributed by atoms with Gasteiger partial charge in [0.25, 0.3) is 0 Å². The monoisotopic (exact) mass is 132 g/mol. The summed E-state index contributed by atoms with van der Waals surface area (Å²) in [6, 6.07) is 0. The van der Waals surface area contributed by atoms with Crippen LogP contribution in [0.5, 0.6) is 0 Å². The van der Waals surface area contributed by atoms with E-state index in [1.54, 1.807) is 13.8 Å². The largest absolute Gasteiger partial charge is 0.387 e. The molecule has 9 heavy (non-hydrogen) atoms. The summed E-state index contributed by atoms with van der Waals surface area (Å²) in [5, 5.41) is 18.4. The predicted molar refractivity (Wildman–Crippen MR) is 32.0 cm³/mol. The number of ether oxygens (including phenoxy) is 1. The van der Waals surface area contributed by atoms with Crippen LogP contribution in [-0.4, -0.2) is 34.6 Å². The maximum Gasteiger partial charge on any atom is 0.113 e. The zero-order valence-corrected chi connectivity index (χ0v) is 5.66. The summed E-state index contributed by atoms with van der Waals surface area (Å²) < 4.78 is 4.98. The van der Waals surface area contributed by atoms with Crippen molar-refractivity contribution in [3.63, 3.8) is 0 Å². The van der Waals surface area contributed by atoms with E-state index in [9.17, 15) is 5.11 Å². The second-order valence-corrected chi connectivity index (χ2v) is 2.82. The lowest BCUT2D eigenvalue weighted by molar-refractivity contribution is -0.0338. The zero-order valence-electron chi connectivity index (χ0n) is 5.66. The van der Waals surface area contributed by atoms with Gasteiger partial charge in [0.05, 0.1) is 12.7 Å².